The van der Waals surface area contributed by atoms with Crippen molar-refractivity contribution in [2.45, 2.75) is 25.9 Å². The van der Waals surface area contributed by atoms with E-state index < -0.39 is 0 Å². The molecule has 0 N–H and O–H groups in total. The highest BCUT2D eigenvalue weighted by Gasteiger charge is 2.32. The van der Waals surface area contributed by atoms with Crippen LogP contribution in [0.2, 0.25) is 0 Å². The second-order valence-electron chi connectivity index (χ2n) is 8.38. The summed E-state index contributed by atoms with van der Waals surface area (Å²) in [5, 5.41) is 4.10. The van der Waals surface area contributed by atoms with Crippen molar-refractivity contribution in [2.75, 3.05) is 37.6 Å². The molecule has 3 aromatic rings. The monoisotopic (exact) mass is 417 g/mol. The van der Waals surface area contributed by atoms with Crippen LogP contribution in [-0.4, -0.2) is 64.6 Å². The number of benzene rings is 2. The van der Waals surface area contributed by atoms with Crippen LogP contribution in [0.5, 0.6) is 0 Å². The lowest BCUT2D eigenvalue weighted by Crippen LogP contribution is -2.50. The number of nitrogens with zero attached hydrogens (tertiary/aromatic N) is 5. The molecule has 1 aromatic heterocycles. The summed E-state index contributed by atoms with van der Waals surface area (Å²) < 4.78 is 5.45. The van der Waals surface area contributed by atoms with Crippen molar-refractivity contribution in [3.63, 3.8) is 0 Å². The number of hydrogen-bond donors (Lipinski definition) is 0. The third-order valence-corrected chi connectivity index (χ3v) is 6.16. The zero-order valence-corrected chi connectivity index (χ0v) is 17.8. The summed E-state index contributed by atoms with van der Waals surface area (Å²) in [7, 11) is 0. The number of para-hydroxylation sites is 1. The molecule has 1 saturated heterocycles. The first-order valence-electron chi connectivity index (χ1n) is 10.9. The number of carbonyl (C=O) groups is 1. The van der Waals surface area contributed by atoms with Crippen molar-refractivity contribution in [2.24, 2.45) is 0 Å². The number of piperazine rings is 1. The first kappa shape index (κ1) is 19.9. The normalized spacial score (nSPS) is 19.5. The maximum absolute atomic E-state index is 13.0. The molecule has 160 valence electrons. The van der Waals surface area contributed by atoms with Crippen LogP contribution in [0.15, 0.2) is 59.1 Å². The van der Waals surface area contributed by atoms with Gasteiger partial charge in [-0.1, -0.05) is 53.7 Å². The van der Waals surface area contributed by atoms with Gasteiger partial charge < -0.3 is 9.42 Å². The van der Waals surface area contributed by atoms with Gasteiger partial charge >= 0.3 is 0 Å². The smallest absolute Gasteiger partial charge is 0.241 e. The zero-order valence-electron chi connectivity index (χ0n) is 17.8. The van der Waals surface area contributed by atoms with Gasteiger partial charge in [-0.15, -0.1) is 0 Å². The minimum Gasteiger partial charge on any atom is -0.338 e. The van der Waals surface area contributed by atoms with E-state index in [2.05, 4.69) is 39.0 Å². The molecule has 1 amide bonds. The first-order valence-corrected chi connectivity index (χ1v) is 10.9. The summed E-state index contributed by atoms with van der Waals surface area (Å²) >= 11 is 0. The van der Waals surface area contributed by atoms with Crippen LogP contribution in [0.1, 0.15) is 18.4 Å². The molecule has 0 aliphatic carbocycles. The average Bonchev–Trinajstić information content (AvgIpc) is 3.39. The minimum atomic E-state index is 0.190. The number of amides is 1. The predicted molar refractivity (Wildman–Crippen MR) is 119 cm³/mol. The van der Waals surface area contributed by atoms with E-state index >= 15 is 0 Å². The van der Waals surface area contributed by atoms with Gasteiger partial charge in [-0.25, -0.2) is 0 Å². The fraction of sp³-hybridized carbons (Fsp3) is 0.375. The summed E-state index contributed by atoms with van der Waals surface area (Å²) in [6.07, 6.45) is 0.935. The lowest BCUT2D eigenvalue weighted by Gasteiger charge is -2.34. The van der Waals surface area contributed by atoms with E-state index in [4.69, 9.17) is 4.52 Å². The molecule has 2 aliphatic heterocycles. The van der Waals surface area contributed by atoms with Crippen LogP contribution in [0.4, 0.5) is 5.69 Å². The van der Waals surface area contributed by atoms with Gasteiger partial charge in [-0.3, -0.25) is 14.6 Å². The number of anilines is 1. The summed E-state index contributed by atoms with van der Waals surface area (Å²) in [6.45, 7) is 6.70. The van der Waals surface area contributed by atoms with E-state index in [0.29, 0.717) is 24.8 Å². The lowest BCUT2D eigenvalue weighted by molar-refractivity contribution is -0.120. The van der Waals surface area contributed by atoms with Crippen LogP contribution in [0.25, 0.3) is 11.4 Å². The van der Waals surface area contributed by atoms with Crippen molar-refractivity contribution >= 4 is 11.6 Å². The Morgan fingerprint density at radius 3 is 2.52 bits per heavy atom. The van der Waals surface area contributed by atoms with Gasteiger partial charge in [0.1, 0.15) is 0 Å². The van der Waals surface area contributed by atoms with E-state index in [1.165, 1.54) is 5.56 Å². The predicted octanol–water partition coefficient (Wildman–Crippen LogP) is 2.83. The number of fused-ring (bicyclic) bond motifs is 1. The van der Waals surface area contributed by atoms with Gasteiger partial charge in [-0.05, 0) is 25.0 Å². The molecule has 7 nitrogen and oxygen atoms in total. The number of hydrogen-bond acceptors (Lipinski definition) is 6. The molecule has 1 atom stereocenters. The largest absolute Gasteiger partial charge is 0.338 e. The van der Waals surface area contributed by atoms with Gasteiger partial charge in [0.15, 0.2) is 0 Å². The van der Waals surface area contributed by atoms with E-state index in [0.717, 1.165) is 43.9 Å². The molecule has 3 heterocycles. The standard InChI is InChI=1S/C24H27N5O2/c1-18-15-20-9-5-6-10-21(20)29(18)23(30)17-28-13-11-27(12-14-28)16-22-25-24(26-31-22)19-7-3-2-4-8-19/h2-10,18H,11-17H2,1H3/t18-/m1/s1. The Morgan fingerprint density at radius 1 is 1.00 bits per heavy atom. The van der Waals surface area contributed by atoms with Crippen LogP contribution in [0, 0.1) is 0 Å². The van der Waals surface area contributed by atoms with E-state index in [1.54, 1.807) is 0 Å². The highest BCUT2D eigenvalue weighted by atomic mass is 16.5. The zero-order chi connectivity index (χ0) is 21.2. The van der Waals surface area contributed by atoms with E-state index in [-0.39, 0.29) is 11.9 Å². The van der Waals surface area contributed by atoms with Gasteiger partial charge in [-0.2, -0.15) is 4.98 Å². The molecule has 2 aromatic carbocycles. The Labute approximate surface area is 182 Å². The van der Waals surface area contributed by atoms with Crippen molar-refractivity contribution in [3.05, 3.63) is 66.1 Å². The lowest BCUT2D eigenvalue weighted by atomic mass is 10.1. The fourth-order valence-electron chi connectivity index (χ4n) is 4.53. The maximum Gasteiger partial charge on any atom is 0.241 e. The third-order valence-electron chi connectivity index (χ3n) is 6.16. The molecule has 0 bridgehead atoms. The number of rotatable bonds is 5. The Balaban J connectivity index is 1.14. The quantitative estimate of drug-likeness (QED) is 0.636. The average molecular weight is 418 g/mol. The molecular weight excluding hydrogens is 390 g/mol. The van der Waals surface area contributed by atoms with E-state index in [9.17, 15) is 4.79 Å². The fourth-order valence-corrected chi connectivity index (χ4v) is 4.53. The number of aromatic nitrogens is 2. The Bertz CT molecular complexity index is 1040. The van der Waals surface area contributed by atoms with Crippen molar-refractivity contribution < 1.29 is 9.32 Å². The maximum atomic E-state index is 13.0. The highest BCUT2D eigenvalue weighted by molar-refractivity contribution is 5.97. The SMILES string of the molecule is C[C@@H]1Cc2ccccc2N1C(=O)CN1CCN(Cc2nc(-c3ccccc3)no2)CC1. The molecule has 31 heavy (non-hydrogen) atoms. The number of carbonyl (C=O) groups excluding carboxylic acids is 1. The van der Waals surface area contributed by atoms with Crippen LogP contribution in [0.3, 0.4) is 0 Å². The summed E-state index contributed by atoms with van der Waals surface area (Å²) in [6, 6.07) is 18.3. The van der Waals surface area contributed by atoms with Crippen LogP contribution >= 0.6 is 0 Å². The second kappa shape index (κ2) is 8.61. The summed E-state index contributed by atoms with van der Waals surface area (Å²) in [4.78, 5) is 24.1. The van der Waals surface area contributed by atoms with Gasteiger partial charge in [0.05, 0.1) is 13.1 Å². The Kier molecular flexibility index (Phi) is 5.53. The molecular formula is C24H27N5O2. The summed E-state index contributed by atoms with van der Waals surface area (Å²) in [5.41, 5.74) is 3.30. The molecule has 2 aliphatic rings. The second-order valence-corrected chi connectivity index (χ2v) is 8.38. The van der Waals surface area contributed by atoms with Crippen LogP contribution < -0.4 is 4.90 Å². The molecule has 0 radical (unpaired) electrons. The molecule has 0 unspecified atom stereocenters. The first-order chi connectivity index (χ1) is 15.2. The van der Waals surface area contributed by atoms with Crippen molar-refractivity contribution in [1.82, 2.24) is 19.9 Å². The third kappa shape index (κ3) is 4.24. The van der Waals surface area contributed by atoms with Crippen LogP contribution in [-0.2, 0) is 17.8 Å². The van der Waals surface area contributed by atoms with Gasteiger partial charge in [0.25, 0.3) is 0 Å². The minimum absolute atomic E-state index is 0.190. The van der Waals surface area contributed by atoms with Gasteiger partial charge in [0, 0.05) is 43.5 Å². The molecule has 5 rings (SSSR count). The molecule has 0 saturated carbocycles. The molecule has 7 heteroatoms. The van der Waals surface area contributed by atoms with Crippen molar-refractivity contribution in [3.8, 4) is 11.4 Å². The van der Waals surface area contributed by atoms with Crippen molar-refractivity contribution in [1.29, 1.82) is 0 Å². The molecule has 1 fully saturated rings. The topological polar surface area (TPSA) is 65.7 Å². The Hall–Kier alpha value is -3.03. The summed E-state index contributed by atoms with van der Waals surface area (Å²) in [5.74, 6) is 1.45. The highest BCUT2D eigenvalue weighted by Crippen LogP contribution is 2.31. The Morgan fingerprint density at radius 2 is 1.71 bits per heavy atom. The molecule has 0 spiro atoms. The van der Waals surface area contributed by atoms with E-state index in [1.807, 2.05) is 47.4 Å². The van der Waals surface area contributed by atoms with Gasteiger partial charge in [0.2, 0.25) is 17.6 Å².